The van der Waals surface area contributed by atoms with Crippen LogP contribution in [0.4, 0.5) is 4.39 Å². The summed E-state index contributed by atoms with van der Waals surface area (Å²) in [6.07, 6.45) is 1.78. The van der Waals surface area contributed by atoms with E-state index in [9.17, 15) is 12.8 Å². The number of benzene rings is 1. The highest BCUT2D eigenvalue weighted by molar-refractivity contribution is 14.0. The molecule has 1 rings (SSSR count). The maximum Gasteiger partial charge on any atom is 0.208 e. The Balaban J connectivity index is 0.00000484. The quantitative estimate of drug-likeness (QED) is 0.236. The molecule has 3 N–H and O–H groups in total. The molecule has 0 bridgehead atoms. The van der Waals surface area contributed by atoms with Crippen LogP contribution in [0.3, 0.4) is 0 Å². The molecule has 0 saturated heterocycles. The molecule has 0 spiro atoms. The first kappa shape index (κ1) is 22.1. The van der Waals surface area contributed by atoms with Gasteiger partial charge in [-0.15, -0.1) is 24.0 Å². The predicted octanol–water partition coefficient (Wildman–Crippen LogP) is 1.09. The standard InChI is InChI=1S/C14H23FN4O2S.HI/c1-3-16-14(18-9-10-19-22(2,20)21)17-8-7-12-5-4-6-13(15)11-12;/h4-6,11,19H,3,7-10H2,1-2H3,(H2,16,17,18);1H. The normalized spacial score (nSPS) is 11.7. The molecular formula is C14H24FIN4O2S. The fourth-order valence-electron chi connectivity index (χ4n) is 1.76. The van der Waals surface area contributed by atoms with Crippen molar-refractivity contribution < 1.29 is 12.8 Å². The first-order valence-electron chi connectivity index (χ1n) is 7.12. The van der Waals surface area contributed by atoms with Gasteiger partial charge in [0.05, 0.1) is 12.8 Å². The maximum atomic E-state index is 13.1. The fraction of sp³-hybridized carbons (Fsp3) is 0.500. The van der Waals surface area contributed by atoms with Gasteiger partial charge in [0.15, 0.2) is 5.96 Å². The number of nitrogens with one attached hydrogen (secondary N) is 3. The van der Waals surface area contributed by atoms with Crippen molar-refractivity contribution in [1.29, 1.82) is 0 Å². The van der Waals surface area contributed by atoms with Crippen LogP contribution in [0.15, 0.2) is 29.3 Å². The monoisotopic (exact) mass is 458 g/mol. The lowest BCUT2D eigenvalue weighted by atomic mass is 10.1. The minimum atomic E-state index is -3.19. The lowest BCUT2D eigenvalue weighted by Gasteiger charge is -2.11. The highest BCUT2D eigenvalue weighted by Gasteiger charge is 2.00. The summed E-state index contributed by atoms with van der Waals surface area (Å²) in [6.45, 7) is 3.83. The van der Waals surface area contributed by atoms with Crippen molar-refractivity contribution in [3.05, 3.63) is 35.6 Å². The number of nitrogens with zero attached hydrogens (tertiary/aromatic N) is 1. The van der Waals surface area contributed by atoms with Crippen LogP contribution >= 0.6 is 24.0 Å². The molecule has 0 unspecified atom stereocenters. The zero-order chi connectivity index (χ0) is 16.4. The molecule has 0 fully saturated rings. The molecule has 132 valence electrons. The molecule has 6 nitrogen and oxygen atoms in total. The van der Waals surface area contributed by atoms with Gasteiger partial charge in [0.25, 0.3) is 0 Å². The zero-order valence-corrected chi connectivity index (χ0v) is 16.4. The van der Waals surface area contributed by atoms with Gasteiger partial charge in [-0.1, -0.05) is 12.1 Å². The molecule has 0 aliphatic heterocycles. The molecule has 0 radical (unpaired) electrons. The first-order valence-corrected chi connectivity index (χ1v) is 9.01. The molecule has 9 heteroatoms. The Morgan fingerprint density at radius 1 is 1.26 bits per heavy atom. The first-order chi connectivity index (χ1) is 10.4. The van der Waals surface area contributed by atoms with Crippen molar-refractivity contribution >= 4 is 40.0 Å². The summed E-state index contributed by atoms with van der Waals surface area (Å²) in [7, 11) is -3.19. The second-order valence-electron chi connectivity index (χ2n) is 4.73. The molecule has 23 heavy (non-hydrogen) atoms. The van der Waals surface area contributed by atoms with Crippen LogP contribution in [0.25, 0.3) is 0 Å². The van der Waals surface area contributed by atoms with Crippen molar-refractivity contribution in [3.8, 4) is 0 Å². The van der Waals surface area contributed by atoms with Crippen LogP contribution < -0.4 is 15.4 Å². The summed E-state index contributed by atoms with van der Waals surface area (Å²) < 4.78 is 37.3. The number of rotatable bonds is 8. The second-order valence-corrected chi connectivity index (χ2v) is 6.57. The molecule has 0 aromatic heterocycles. The van der Waals surface area contributed by atoms with Crippen LogP contribution in [0.2, 0.25) is 0 Å². The van der Waals surface area contributed by atoms with E-state index in [4.69, 9.17) is 0 Å². The Morgan fingerprint density at radius 3 is 2.61 bits per heavy atom. The predicted molar refractivity (Wildman–Crippen MR) is 102 cm³/mol. The van der Waals surface area contributed by atoms with E-state index in [0.717, 1.165) is 11.8 Å². The SMILES string of the molecule is CCNC(=NCCNS(C)(=O)=O)NCCc1cccc(F)c1.I. The number of aliphatic imine (C=N–C) groups is 1. The average molecular weight is 458 g/mol. The molecule has 0 aliphatic rings. The average Bonchev–Trinajstić information content (AvgIpc) is 2.42. The van der Waals surface area contributed by atoms with Gasteiger partial charge in [0.2, 0.25) is 10.0 Å². The fourth-order valence-corrected chi connectivity index (χ4v) is 2.22. The number of sulfonamides is 1. The number of halogens is 2. The smallest absolute Gasteiger partial charge is 0.208 e. The summed E-state index contributed by atoms with van der Waals surface area (Å²) in [5, 5.41) is 6.19. The second kappa shape index (κ2) is 11.6. The third kappa shape index (κ3) is 11.3. The number of hydrogen-bond acceptors (Lipinski definition) is 3. The van der Waals surface area contributed by atoms with Gasteiger partial charge in [0, 0.05) is 19.6 Å². The topological polar surface area (TPSA) is 82.6 Å². The van der Waals surface area contributed by atoms with E-state index < -0.39 is 10.0 Å². The Morgan fingerprint density at radius 2 is 2.00 bits per heavy atom. The van der Waals surface area contributed by atoms with Crippen molar-refractivity contribution in [1.82, 2.24) is 15.4 Å². The molecule has 0 amide bonds. The molecule has 0 atom stereocenters. The van der Waals surface area contributed by atoms with Crippen LogP contribution in [0.5, 0.6) is 0 Å². The minimum absolute atomic E-state index is 0. The lowest BCUT2D eigenvalue weighted by Crippen LogP contribution is -2.39. The Bertz CT molecular complexity index is 596. The summed E-state index contributed by atoms with van der Waals surface area (Å²) in [4.78, 5) is 4.26. The molecule has 0 aliphatic carbocycles. The largest absolute Gasteiger partial charge is 0.357 e. The van der Waals surface area contributed by atoms with Gasteiger partial charge in [-0.3, -0.25) is 4.99 Å². The van der Waals surface area contributed by atoms with Crippen molar-refractivity contribution in [2.75, 3.05) is 32.4 Å². The van der Waals surface area contributed by atoms with Crippen molar-refractivity contribution in [2.45, 2.75) is 13.3 Å². The minimum Gasteiger partial charge on any atom is -0.357 e. The van der Waals surface area contributed by atoms with Gasteiger partial charge in [-0.05, 0) is 31.0 Å². The van der Waals surface area contributed by atoms with Crippen LogP contribution in [0, 0.1) is 5.82 Å². The van der Waals surface area contributed by atoms with E-state index in [0.29, 0.717) is 32.0 Å². The van der Waals surface area contributed by atoms with E-state index in [2.05, 4.69) is 20.3 Å². The van der Waals surface area contributed by atoms with Gasteiger partial charge in [-0.25, -0.2) is 17.5 Å². The van der Waals surface area contributed by atoms with E-state index in [1.807, 2.05) is 13.0 Å². The summed E-state index contributed by atoms with van der Waals surface area (Å²) >= 11 is 0. The molecule has 1 aromatic rings. The van der Waals surface area contributed by atoms with Gasteiger partial charge >= 0.3 is 0 Å². The number of guanidine groups is 1. The summed E-state index contributed by atoms with van der Waals surface area (Å²) in [6, 6.07) is 6.46. The molecular weight excluding hydrogens is 434 g/mol. The molecule has 1 aromatic carbocycles. The highest BCUT2D eigenvalue weighted by atomic mass is 127. The molecule has 0 saturated carbocycles. The maximum absolute atomic E-state index is 13.1. The zero-order valence-electron chi connectivity index (χ0n) is 13.3. The van der Waals surface area contributed by atoms with Crippen LogP contribution in [-0.4, -0.2) is 46.8 Å². The summed E-state index contributed by atoms with van der Waals surface area (Å²) in [5.41, 5.74) is 0.905. The Labute approximate surface area is 154 Å². The number of hydrogen-bond donors (Lipinski definition) is 3. The van der Waals surface area contributed by atoms with Gasteiger partial charge in [0.1, 0.15) is 5.82 Å². The Hall–Kier alpha value is -0.940. The highest BCUT2D eigenvalue weighted by Crippen LogP contribution is 2.03. The van der Waals surface area contributed by atoms with E-state index in [-0.39, 0.29) is 36.3 Å². The third-order valence-corrected chi connectivity index (χ3v) is 3.41. The van der Waals surface area contributed by atoms with Gasteiger partial charge in [-0.2, -0.15) is 0 Å². The summed E-state index contributed by atoms with van der Waals surface area (Å²) in [5.74, 6) is 0.360. The third-order valence-electron chi connectivity index (χ3n) is 2.69. The van der Waals surface area contributed by atoms with Gasteiger partial charge < -0.3 is 10.6 Å². The van der Waals surface area contributed by atoms with E-state index in [1.165, 1.54) is 12.1 Å². The van der Waals surface area contributed by atoms with Crippen LogP contribution in [-0.2, 0) is 16.4 Å². The lowest BCUT2D eigenvalue weighted by molar-refractivity contribution is 0.588. The Kier molecular flexibility index (Phi) is 11.1. The molecule has 0 heterocycles. The van der Waals surface area contributed by atoms with Crippen LogP contribution in [0.1, 0.15) is 12.5 Å². The van der Waals surface area contributed by atoms with E-state index in [1.54, 1.807) is 6.07 Å². The van der Waals surface area contributed by atoms with E-state index >= 15 is 0 Å². The van der Waals surface area contributed by atoms with Crippen molar-refractivity contribution in [2.24, 2.45) is 4.99 Å². The van der Waals surface area contributed by atoms with Crippen molar-refractivity contribution in [3.63, 3.8) is 0 Å².